The highest BCUT2D eigenvalue weighted by Gasteiger charge is 2.18. The van der Waals surface area contributed by atoms with Crippen LogP contribution in [-0.2, 0) is 22.6 Å². The molecule has 6 heteroatoms. The monoisotopic (exact) mass is 331 g/mol. The number of aliphatic carboxylic acids is 1. The number of hydrogen-bond donors (Lipinski definition) is 1. The van der Waals surface area contributed by atoms with E-state index in [-0.39, 0.29) is 24.6 Å². The van der Waals surface area contributed by atoms with Gasteiger partial charge in [-0.3, -0.25) is 9.59 Å². The van der Waals surface area contributed by atoms with Crippen molar-refractivity contribution < 1.29 is 23.8 Å². The molecule has 0 heterocycles. The van der Waals surface area contributed by atoms with Gasteiger partial charge < -0.3 is 14.7 Å². The molecular weight excluding hydrogens is 313 g/mol. The molecule has 0 spiro atoms. The van der Waals surface area contributed by atoms with Crippen LogP contribution in [-0.4, -0.2) is 35.5 Å². The molecule has 2 aromatic carbocycles. The lowest BCUT2D eigenvalue weighted by molar-refractivity contribution is -0.144. The zero-order valence-corrected chi connectivity index (χ0v) is 13.2. The fraction of sp³-hybridized carbons (Fsp3) is 0.222. The summed E-state index contributed by atoms with van der Waals surface area (Å²) in [5.41, 5.74) is 1.29. The van der Waals surface area contributed by atoms with Gasteiger partial charge in [0.2, 0.25) is 5.91 Å². The second kappa shape index (κ2) is 8.10. The number of carbonyl (C=O) groups is 2. The molecule has 24 heavy (non-hydrogen) atoms. The maximum Gasteiger partial charge on any atom is 0.323 e. The van der Waals surface area contributed by atoms with Crippen molar-refractivity contribution in [2.24, 2.45) is 0 Å². The first-order valence-electron chi connectivity index (χ1n) is 7.35. The average molecular weight is 331 g/mol. The minimum atomic E-state index is -1.10. The maximum absolute atomic E-state index is 13.7. The Bertz CT molecular complexity index is 718. The van der Waals surface area contributed by atoms with Crippen LogP contribution in [0.1, 0.15) is 11.1 Å². The summed E-state index contributed by atoms with van der Waals surface area (Å²) >= 11 is 0. The number of carboxylic acids is 1. The highest BCUT2D eigenvalue weighted by atomic mass is 19.1. The quantitative estimate of drug-likeness (QED) is 0.846. The number of ether oxygens (including phenoxy) is 1. The summed E-state index contributed by atoms with van der Waals surface area (Å²) in [4.78, 5) is 24.7. The van der Waals surface area contributed by atoms with Gasteiger partial charge in [-0.2, -0.15) is 0 Å². The molecule has 0 bridgehead atoms. The summed E-state index contributed by atoms with van der Waals surface area (Å²) in [6.45, 7) is -0.225. The van der Waals surface area contributed by atoms with E-state index in [9.17, 15) is 14.0 Å². The standard InChI is InChI=1S/C18H18FNO4/c1-24-16-8-7-14(9-15(16)19)10-17(21)20(12-18(22)23)11-13-5-3-2-4-6-13/h2-9H,10-12H2,1H3,(H,22,23). The van der Waals surface area contributed by atoms with Gasteiger partial charge in [-0.05, 0) is 23.3 Å². The van der Waals surface area contributed by atoms with E-state index in [1.54, 1.807) is 6.07 Å². The Labute approximate surface area is 139 Å². The molecule has 0 aromatic heterocycles. The smallest absolute Gasteiger partial charge is 0.323 e. The number of carboxylic acid groups (broad SMARTS) is 1. The molecule has 0 atom stereocenters. The fourth-order valence-corrected chi connectivity index (χ4v) is 2.31. The third kappa shape index (κ3) is 4.81. The van der Waals surface area contributed by atoms with Crippen LogP contribution in [0, 0.1) is 5.82 Å². The molecule has 2 rings (SSSR count). The summed E-state index contributed by atoms with van der Waals surface area (Å²) in [5, 5.41) is 9.02. The van der Waals surface area contributed by atoms with Gasteiger partial charge in [0, 0.05) is 6.54 Å². The molecule has 0 radical (unpaired) electrons. The van der Waals surface area contributed by atoms with Gasteiger partial charge in [0.15, 0.2) is 11.6 Å². The Morgan fingerprint density at radius 2 is 1.83 bits per heavy atom. The lowest BCUT2D eigenvalue weighted by Crippen LogP contribution is -2.36. The van der Waals surface area contributed by atoms with E-state index in [2.05, 4.69) is 0 Å². The Morgan fingerprint density at radius 3 is 2.42 bits per heavy atom. The highest BCUT2D eigenvalue weighted by Crippen LogP contribution is 2.18. The van der Waals surface area contributed by atoms with Gasteiger partial charge in [-0.1, -0.05) is 36.4 Å². The molecule has 2 aromatic rings. The Balaban J connectivity index is 2.12. The van der Waals surface area contributed by atoms with Crippen LogP contribution in [0.4, 0.5) is 4.39 Å². The zero-order chi connectivity index (χ0) is 17.5. The minimum Gasteiger partial charge on any atom is -0.494 e. The molecule has 0 aliphatic carbocycles. The zero-order valence-electron chi connectivity index (χ0n) is 13.2. The van der Waals surface area contributed by atoms with Crippen LogP contribution in [0.2, 0.25) is 0 Å². The molecule has 0 aliphatic heterocycles. The molecule has 0 fully saturated rings. The van der Waals surface area contributed by atoms with E-state index in [0.29, 0.717) is 5.56 Å². The van der Waals surface area contributed by atoms with Crippen molar-refractivity contribution in [1.82, 2.24) is 4.90 Å². The summed E-state index contributed by atoms with van der Waals surface area (Å²) in [5.74, 6) is -1.94. The topological polar surface area (TPSA) is 66.8 Å². The normalized spacial score (nSPS) is 10.2. The van der Waals surface area contributed by atoms with Crippen molar-refractivity contribution in [2.45, 2.75) is 13.0 Å². The van der Waals surface area contributed by atoms with Gasteiger partial charge in [0.25, 0.3) is 0 Å². The number of carbonyl (C=O) groups excluding carboxylic acids is 1. The van der Waals surface area contributed by atoms with E-state index in [1.807, 2.05) is 30.3 Å². The fourth-order valence-electron chi connectivity index (χ4n) is 2.31. The summed E-state index contributed by atoms with van der Waals surface area (Å²) in [7, 11) is 1.36. The largest absolute Gasteiger partial charge is 0.494 e. The highest BCUT2D eigenvalue weighted by molar-refractivity contribution is 5.83. The molecule has 126 valence electrons. The van der Waals surface area contributed by atoms with E-state index in [1.165, 1.54) is 24.1 Å². The Hall–Kier alpha value is -2.89. The number of methoxy groups -OCH3 is 1. The van der Waals surface area contributed by atoms with Gasteiger partial charge in [0.1, 0.15) is 6.54 Å². The van der Waals surface area contributed by atoms with Crippen LogP contribution < -0.4 is 4.74 Å². The number of amides is 1. The van der Waals surface area contributed by atoms with Crippen LogP contribution in [0.25, 0.3) is 0 Å². The lowest BCUT2D eigenvalue weighted by Gasteiger charge is -2.21. The lowest BCUT2D eigenvalue weighted by atomic mass is 10.1. The average Bonchev–Trinajstić information content (AvgIpc) is 2.55. The summed E-state index contributed by atoms with van der Waals surface area (Å²) in [6, 6.07) is 13.3. The van der Waals surface area contributed by atoms with Crippen molar-refractivity contribution in [3.8, 4) is 5.75 Å². The van der Waals surface area contributed by atoms with Crippen molar-refractivity contribution >= 4 is 11.9 Å². The van der Waals surface area contributed by atoms with E-state index in [0.717, 1.165) is 5.56 Å². The van der Waals surface area contributed by atoms with Gasteiger partial charge in [-0.25, -0.2) is 4.39 Å². The first-order valence-corrected chi connectivity index (χ1v) is 7.35. The Morgan fingerprint density at radius 1 is 1.12 bits per heavy atom. The van der Waals surface area contributed by atoms with Crippen LogP contribution in [0.15, 0.2) is 48.5 Å². The van der Waals surface area contributed by atoms with Gasteiger partial charge in [0.05, 0.1) is 13.5 Å². The van der Waals surface area contributed by atoms with Crippen molar-refractivity contribution in [3.63, 3.8) is 0 Å². The van der Waals surface area contributed by atoms with Crippen LogP contribution in [0.3, 0.4) is 0 Å². The maximum atomic E-state index is 13.7. The second-order valence-corrected chi connectivity index (χ2v) is 5.27. The first-order chi connectivity index (χ1) is 11.5. The molecule has 0 aliphatic rings. The molecule has 5 nitrogen and oxygen atoms in total. The number of nitrogens with zero attached hydrogens (tertiary/aromatic N) is 1. The molecule has 0 saturated heterocycles. The number of halogens is 1. The molecular formula is C18H18FNO4. The van der Waals surface area contributed by atoms with Crippen molar-refractivity contribution in [3.05, 3.63) is 65.5 Å². The minimum absolute atomic E-state index is 0.0823. The van der Waals surface area contributed by atoms with Crippen molar-refractivity contribution in [1.29, 1.82) is 0 Å². The predicted octanol–water partition coefficient (Wildman–Crippen LogP) is 2.49. The van der Waals surface area contributed by atoms with E-state index >= 15 is 0 Å². The van der Waals surface area contributed by atoms with Gasteiger partial charge >= 0.3 is 5.97 Å². The third-order valence-electron chi connectivity index (χ3n) is 3.47. The first kappa shape index (κ1) is 17.5. The molecule has 0 saturated carbocycles. The summed E-state index contributed by atoms with van der Waals surface area (Å²) < 4.78 is 18.6. The number of rotatable bonds is 7. The molecule has 1 N–H and O–H groups in total. The van der Waals surface area contributed by atoms with Crippen LogP contribution in [0.5, 0.6) is 5.75 Å². The molecule has 1 amide bonds. The number of hydrogen-bond acceptors (Lipinski definition) is 3. The van der Waals surface area contributed by atoms with Crippen LogP contribution >= 0.6 is 0 Å². The van der Waals surface area contributed by atoms with E-state index in [4.69, 9.17) is 9.84 Å². The SMILES string of the molecule is COc1ccc(CC(=O)N(CC(=O)O)Cc2ccccc2)cc1F. The predicted molar refractivity (Wildman–Crippen MR) is 86.2 cm³/mol. The Kier molecular flexibility index (Phi) is 5.89. The second-order valence-electron chi connectivity index (χ2n) is 5.27. The number of benzene rings is 2. The van der Waals surface area contributed by atoms with Gasteiger partial charge in [-0.15, -0.1) is 0 Å². The molecule has 0 unspecified atom stereocenters. The summed E-state index contributed by atoms with van der Waals surface area (Å²) in [6.07, 6.45) is -0.0823. The third-order valence-corrected chi connectivity index (χ3v) is 3.47. The van der Waals surface area contributed by atoms with Crippen molar-refractivity contribution in [2.75, 3.05) is 13.7 Å². The van der Waals surface area contributed by atoms with E-state index < -0.39 is 18.3 Å².